The Morgan fingerprint density at radius 1 is 1.00 bits per heavy atom. The van der Waals surface area contributed by atoms with Crippen LogP contribution in [0.3, 0.4) is 0 Å². The fourth-order valence-electron chi connectivity index (χ4n) is 2.85. The van der Waals surface area contributed by atoms with Crippen LogP contribution in [0.5, 0.6) is 0 Å². The summed E-state index contributed by atoms with van der Waals surface area (Å²) >= 11 is 0. The van der Waals surface area contributed by atoms with Crippen molar-refractivity contribution in [1.82, 2.24) is 9.62 Å². The van der Waals surface area contributed by atoms with Crippen LogP contribution in [0.1, 0.15) is 12.0 Å². The van der Waals surface area contributed by atoms with Crippen LogP contribution in [0.4, 0.5) is 4.39 Å². The highest BCUT2D eigenvalue weighted by atomic mass is 32.2. The van der Waals surface area contributed by atoms with E-state index in [1.807, 2.05) is 24.3 Å². The second kappa shape index (κ2) is 8.50. The molecule has 0 fully saturated rings. The number of hydrogen-bond donors (Lipinski definition) is 1. The predicted molar refractivity (Wildman–Crippen MR) is 107 cm³/mol. The number of sulfonamides is 1. The van der Waals surface area contributed by atoms with E-state index in [1.165, 1.54) is 17.0 Å². The zero-order valence-electron chi connectivity index (χ0n) is 15.4. The van der Waals surface area contributed by atoms with E-state index in [0.29, 0.717) is 6.54 Å². The molecular formula is C21H21FN2O3S. The van der Waals surface area contributed by atoms with Crippen LogP contribution in [0, 0.1) is 5.82 Å². The van der Waals surface area contributed by atoms with Crippen molar-refractivity contribution in [3.63, 3.8) is 0 Å². The molecule has 28 heavy (non-hydrogen) atoms. The molecule has 3 rings (SSSR count). The molecule has 0 heterocycles. The summed E-state index contributed by atoms with van der Waals surface area (Å²) in [7, 11) is -2.07. The molecular weight excluding hydrogens is 379 g/mol. The summed E-state index contributed by atoms with van der Waals surface area (Å²) in [4.78, 5) is 13.9. The van der Waals surface area contributed by atoms with Gasteiger partial charge in [-0.25, -0.2) is 17.5 Å². The molecule has 0 bridgehead atoms. The Morgan fingerprint density at radius 3 is 2.39 bits per heavy atom. The number of amides is 1. The predicted octanol–water partition coefficient (Wildman–Crippen LogP) is 3.31. The molecule has 0 unspecified atom stereocenters. The van der Waals surface area contributed by atoms with Crippen LogP contribution in [0.15, 0.2) is 71.6 Å². The van der Waals surface area contributed by atoms with Gasteiger partial charge in [0.1, 0.15) is 5.82 Å². The molecule has 0 atom stereocenters. The number of rotatable bonds is 7. The first-order valence-corrected chi connectivity index (χ1v) is 10.3. The Balaban J connectivity index is 1.56. The molecule has 0 saturated heterocycles. The van der Waals surface area contributed by atoms with Gasteiger partial charge in [0.2, 0.25) is 15.9 Å². The second-order valence-electron chi connectivity index (χ2n) is 6.53. The van der Waals surface area contributed by atoms with Crippen molar-refractivity contribution in [3.8, 4) is 0 Å². The average molecular weight is 400 g/mol. The van der Waals surface area contributed by atoms with Crippen LogP contribution in [0.2, 0.25) is 0 Å². The smallest absolute Gasteiger partial charge is 0.240 e. The molecule has 3 aromatic carbocycles. The van der Waals surface area contributed by atoms with E-state index in [2.05, 4.69) is 4.72 Å². The molecule has 1 N–H and O–H groups in total. The van der Waals surface area contributed by atoms with Crippen LogP contribution in [-0.4, -0.2) is 32.8 Å². The van der Waals surface area contributed by atoms with Crippen LogP contribution in [0.25, 0.3) is 10.8 Å². The van der Waals surface area contributed by atoms with E-state index < -0.39 is 10.0 Å². The Hall–Kier alpha value is -2.77. The number of benzene rings is 3. The van der Waals surface area contributed by atoms with Gasteiger partial charge in [0.25, 0.3) is 0 Å². The minimum atomic E-state index is -3.70. The molecule has 0 aromatic heterocycles. The van der Waals surface area contributed by atoms with Crippen molar-refractivity contribution in [2.45, 2.75) is 17.9 Å². The normalized spacial score (nSPS) is 11.5. The quantitative estimate of drug-likeness (QED) is 0.662. The van der Waals surface area contributed by atoms with Crippen LogP contribution >= 0.6 is 0 Å². The number of carbonyl (C=O) groups is 1. The molecule has 1 amide bonds. The molecule has 0 aliphatic heterocycles. The van der Waals surface area contributed by atoms with Gasteiger partial charge in [-0.2, -0.15) is 0 Å². The lowest BCUT2D eigenvalue weighted by Crippen LogP contribution is -2.31. The number of hydrogen-bond acceptors (Lipinski definition) is 3. The van der Waals surface area contributed by atoms with Gasteiger partial charge in [0.05, 0.1) is 4.90 Å². The van der Waals surface area contributed by atoms with Gasteiger partial charge < -0.3 is 4.90 Å². The van der Waals surface area contributed by atoms with E-state index in [4.69, 9.17) is 0 Å². The summed E-state index contributed by atoms with van der Waals surface area (Å²) in [5.74, 6) is -0.536. The molecule has 7 heteroatoms. The lowest BCUT2D eigenvalue weighted by atomic mass is 10.1. The Morgan fingerprint density at radius 2 is 1.68 bits per heavy atom. The fourth-order valence-corrected chi connectivity index (χ4v) is 3.92. The molecule has 0 aliphatic rings. The summed E-state index contributed by atoms with van der Waals surface area (Å²) < 4.78 is 40.4. The third-order valence-corrected chi connectivity index (χ3v) is 5.88. The maximum atomic E-state index is 12.9. The summed E-state index contributed by atoms with van der Waals surface area (Å²) in [6.45, 7) is 0.332. The van der Waals surface area contributed by atoms with Gasteiger partial charge in [-0.3, -0.25) is 4.79 Å². The first-order chi connectivity index (χ1) is 13.3. The van der Waals surface area contributed by atoms with E-state index in [-0.39, 0.29) is 29.6 Å². The number of nitrogens with one attached hydrogen (secondary N) is 1. The Kier molecular flexibility index (Phi) is 6.06. The number of carbonyl (C=O) groups excluding carboxylic acids is 1. The summed E-state index contributed by atoms with van der Waals surface area (Å²) in [6.07, 6.45) is 0.0322. The summed E-state index contributed by atoms with van der Waals surface area (Å²) in [5, 5.41) is 1.79. The number of halogens is 1. The lowest BCUT2D eigenvalue weighted by molar-refractivity contribution is -0.130. The number of nitrogens with zero attached hydrogens (tertiary/aromatic N) is 1. The van der Waals surface area contributed by atoms with Crippen molar-refractivity contribution in [2.24, 2.45) is 0 Å². The molecule has 0 saturated carbocycles. The van der Waals surface area contributed by atoms with Gasteiger partial charge >= 0.3 is 0 Å². The van der Waals surface area contributed by atoms with Gasteiger partial charge in [-0.1, -0.05) is 42.5 Å². The average Bonchev–Trinajstić information content (AvgIpc) is 2.69. The van der Waals surface area contributed by atoms with Gasteiger partial charge in [-0.05, 0) is 40.6 Å². The molecule has 0 aliphatic carbocycles. The minimum absolute atomic E-state index is 0.00174. The first-order valence-electron chi connectivity index (χ1n) is 8.82. The van der Waals surface area contributed by atoms with Crippen molar-refractivity contribution in [3.05, 3.63) is 78.1 Å². The highest BCUT2D eigenvalue weighted by Crippen LogP contribution is 2.18. The SMILES string of the molecule is CN(Cc1ccc(F)cc1)C(=O)CCNS(=O)(=O)c1ccc2ccccc2c1. The highest BCUT2D eigenvalue weighted by Gasteiger charge is 2.16. The fraction of sp³-hybridized carbons (Fsp3) is 0.190. The molecule has 0 radical (unpaired) electrons. The van der Waals surface area contributed by atoms with Crippen molar-refractivity contribution in [2.75, 3.05) is 13.6 Å². The van der Waals surface area contributed by atoms with E-state index in [9.17, 15) is 17.6 Å². The lowest BCUT2D eigenvalue weighted by Gasteiger charge is -2.17. The van der Waals surface area contributed by atoms with E-state index in [1.54, 1.807) is 37.4 Å². The Labute approximate surface area is 163 Å². The zero-order valence-corrected chi connectivity index (χ0v) is 16.2. The largest absolute Gasteiger partial charge is 0.341 e. The van der Waals surface area contributed by atoms with E-state index in [0.717, 1.165) is 16.3 Å². The maximum Gasteiger partial charge on any atom is 0.240 e. The molecule has 0 spiro atoms. The standard InChI is InChI=1S/C21H21FN2O3S/c1-24(15-16-6-9-19(22)10-7-16)21(25)12-13-23-28(26,27)20-11-8-17-4-2-3-5-18(17)14-20/h2-11,14,23H,12-13,15H2,1H3. The van der Waals surface area contributed by atoms with Crippen molar-refractivity contribution in [1.29, 1.82) is 0 Å². The van der Waals surface area contributed by atoms with Crippen LogP contribution in [-0.2, 0) is 21.4 Å². The maximum absolute atomic E-state index is 12.9. The number of fused-ring (bicyclic) bond motifs is 1. The highest BCUT2D eigenvalue weighted by molar-refractivity contribution is 7.89. The van der Waals surface area contributed by atoms with Crippen molar-refractivity contribution >= 4 is 26.7 Å². The minimum Gasteiger partial charge on any atom is -0.341 e. The second-order valence-corrected chi connectivity index (χ2v) is 8.30. The molecule has 5 nitrogen and oxygen atoms in total. The van der Waals surface area contributed by atoms with Gasteiger partial charge in [-0.15, -0.1) is 0 Å². The van der Waals surface area contributed by atoms with Gasteiger partial charge in [0, 0.05) is 26.6 Å². The molecule has 3 aromatic rings. The Bertz CT molecular complexity index is 1080. The van der Waals surface area contributed by atoms with Gasteiger partial charge in [0.15, 0.2) is 0 Å². The first kappa shape index (κ1) is 20.0. The third-order valence-electron chi connectivity index (χ3n) is 4.42. The third kappa shape index (κ3) is 4.94. The van der Waals surface area contributed by atoms with Crippen LogP contribution < -0.4 is 4.72 Å². The molecule has 146 valence electrons. The van der Waals surface area contributed by atoms with E-state index >= 15 is 0 Å². The monoisotopic (exact) mass is 400 g/mol. The zero-order chi connectivity index (χ0) is 20.1. The van der Waals surface area contributed by atoms with Crippen molar-refractivity contribution < 1.29 is 17.6 Å². The topological polar surface area (TPSA) is 66.5 Å². The summed E-state index contributed by atoms with van der Waals surface area (Å²) in [6, 6.07) is 18.3. The summed E-state index contributed by atoms with van der Waals surface area (Å²) in [5.41, 5.74) is 0.800.